The molecule has 3 aromatic heterocycles. The number of hydrogen-bond acceptors (Lipinski definition) is 7. The summed E-state index contributed by atoms with van der Waals surface area (Å²) in [4.78, 5) is 27.3. The molecule has 3 rings (SSSR count). The van der Waals surface area contributed by atoms with Crippen molar-refractivity contribution in [3.63, 3.8) is 0 Å². The summed E-state index contributed by atoms with van der Waals surface area (Å²) in [5.74, 6) is -1.84. The molecule has 23 heavy (non-hydrogen) atoms. The Morgan fingerprint density at radius 2 is 2.00 bits per heavy atom. The van der Waals surface area contributed by atoms with Gasteiger partial charge < -0.3 is 5.11 Å². The summed E-state index contributed by atoms with van der Waals surface area (Å²) in [5.41, 5.74) is 0.590. The molecule has 3 heterocycles. The molecule has 0 radical (unpaired) electrons. The van der Waals surface area contributed by atoms with E-state index in [1.54, 1.807) is 24.5 Å². The normalized spacial score (nSPS) is 10.5. The lowest BCUT2D eigenvalue weighted by Gasteiger charge is -2.02. The van der Waals surface area contributed by atoms with Crippen LogP contribution in [-0.4, -0.2) is 41.9 Å². The SMILES string of the molecule is Cn1ncc(C(=O)O)c1C(=O)Nc1nnc(-c2ccncc2)s1. The van der Waals surface area contributed by atoms with Gasteiger partial charge in [-0.15, -0.1) is 10.2 Å². The number of carboxylic acids is 1. The number of rotatable bonds is 4. The van der Waals surface area contributed by atoms with E-state index in [4.69, 9.17) is 5.11 Å². The van der Waals surface area contributed by atoms with Crippen LogP contribution in [0, 0.1) is 0 Å². The molecule has 0 saturated carbocycles. The predicted molar refractivity (Wildman–Crippen MR) is 81.3 cm³/mol. The fourth-order valence-corrected chi connectivity index (χ4v) is 2.65. The third kappa shape index (κ3) is 2.92. The van der Waals surface area contributed by atoms with E-state index in [2.05, 4.69) is 25.6 Å². The van der Waals surface area contributed by atoms with E-state index in [0.717, 1.165) is 11.8 Å². The quantitative estimate of drug-likeness (QED) is 0.738. The van der Waals surface area contributed by atoms with Gasteiger partial charge in [0.2, 0.25) is 5.13 Å². The maximum atomic E-state index is 12.3. The van der Waals surface area contributed by atoms with Gasteiger partial charge in [-0.1, -0.05) is 11.3 Å². The van der Waals surface area contributed by atoms with Crippen molar-refractivity contribution in [1.82, 2.24) is 25.0 Å². The zero-order chi connectivity index (χ0) is 16.4. The molecular weight excluding hydrogens is 320 g/mol. The second-order valence-electron chi connectivity index (χ2n) is 4.44. The van der Waals surface area contributed by atoms with Gasteiger partial charge in [-0.25, -0.2) is 4.79 Å². The van der Waals surface area contributed by atoms with E-state index in [0.29, 0.717) is 5.01 Å². The molecule has 0 atom stereocenters. The Kier molecular flexibility index (Phi) is 3.81. The van der Waals surface area contributed by atoms with E-state index in [-0.39, 0.29) is 16.4 Å². The number of anilines is 1. The van der Waals surface area contributed by atoms with E-state index in [9.17, 15) is 9.59 Å². The Morgan fingerprint density at radius 1 is 1.26 bits per heavy atom. The van der Waals surface area contributed by atoms with Crippen molar-refractivity contribution in [2.75, 3.05) is 5.32 Å². The Balaban J connectivity index is 1.83. The Hall–Kier alpha value is -3.14. The standard InChI is InChI=1S/C13H10N6O3S/c1-19-9(8(6-15-19)12(21)22)10(20)16-13-18-17-11(23-13)7-2-4-14-5-3-7/h2-6H,1H3,(H,21,22)(H,16,18,20). The van der Waals surface area contributed by atoms with E-state index in [1.807, 2.05) is 0 Å². The average molecular weight is 330 g/mol. The van der Waals surface area contributed by atoms with Crippen molar-refractivity contribution in [2.45, 2.75) is 0 Å². The fourth-order valence-electron chi connectivity index (χ4n) is 1.90. The minimum atomic E-state index is -1.22. The summed E-state index contributed by atoms with van der Waals surface area (Å²) in [6.07, 6.45) is 4.38. The molecular formula is C13H10N6O3S. The number of amides is 1. The summed E-state index contributed by atoms with van der Waals surface area (Å²) in [6.45, 7) is 0. The van der Waals surface area contributed by atoms with Crippen molar-refractivity contribution in [1.29, 1.82) is 0 Å². The molecule has 9 nitrogen and oxygen atoms in total. The minimum absolute atomic E-state index is 0.0573. The largest absolute Gasteiger partial charge is 0.478 e. The van der Waals surface area contributed by atoms with Crippen LogP contribution in [0.1, 0.15) is 20.8 Å². The van der Waals surface area contributed by atoms with Gasteiger partial charge in [0.05, 0.1) is 6.20 Å². The minimum Gasteiger partial charge on any atom is -0.478 e. The molecule has 2 N–H and O–H groups in total. The van der Waals surface area contributed by atoms with Crippen LogP contribution in [0.2, 0.25) is 0 Å². The first-order chi connectivity index (χ1) is 11.1. The van der Waals surface area contributed by atoms with Gasteiger partial charge in [-0.2, -0.15) is 5.10 Å². The third-order valence-corrected chi connectivity index (χ3v) is 3.84. The fraction of sp³-hybridized carbons (Fsp3) is 0.0769. The molecule has 0 aromatic carbocycles. The van der Waals surface area contributed by atoms with Crippen molar-refractivity contribution in [3.8, 4) is 10.6 Å². The van der Waals surface area contributed by atoms with Crippen LogP contribution in [-0.2, 0) is 7.05 Å². The summed E-state index contributed by atoms with van der Waals surface area (Å²) in [5, 5.41) is 24.2. The second kappa shape index (κ2) is 5.93. The zero-order valence-electron chi connectivity index (χ0n) is 11.8. The highest BCUT2D eigenvalue weighted by molar-refractivity contribution is 7.18. The third-order valence-electron chi connectivity index (χ3n) is 2.96. The predicted octanol–water partition coefficient (Wildman–Crippen LogP) is 1.28. The number of aromatic nitrogens is 5. The molecule has 0 unspecified atom stereocenters. The molecule has 116 valence electrons. The Bertz CT molecular complexity index is 873. The highest BCUT2D eigenvalue weighted by Gasteiger charge is 2.22. The van der Waals surface area contributed by atoms with Crippen LogP contribution >= 0.6 is 11.3 Å². The zero-order valence-corrected chi connectivity index (χ0v) is 12.6. The molecule has 0 fully saturated rings. The lowest BCUT2D eigenvalue weighted by Crippen LogP contribution is -2.19. The number of aromatic carboxylic acids is 1. The summed E-state index contributed by atoms with van der Waals surface area (Å²) >= 11 is 1.17. The monoisotopic (exact) mass is 330 g/mol. The van der Waals surface area contributed by atoms with E-state index >= 15 is 0 Å². The summed E-state index contributed by atoms with van der Waals surface area (Å²) < 4.78 is 1.20. The number of carbonyl (C=O) groups is 2. The van der Waals surface area contributed by atoms with Crippen LogP contribution in [0.15, 0.2) is 30.7 Å². The van der Waals surface area contributed by atoms with Crippen molar-refractivity contribution in [2.24, 2.45) is 7.05 Å². The highest BCUT2D eigenvalue weighted by atomic mass is 32.1. The van der Waals surface area contributed by atoms with Crippen LogP contribution in [0.5, 0.6) is 0 Å². The van der Waals surface area contributed by atoms with Gasteiger partial charge in [-0.3, -0.25) is 19.8 Å². The Labute approximate surface area is 133 Å². The van der Waals surface area contributed by atoms with Crippen molar-refractivity contribution < 1.29 is 14.7 Å². The van der Waals surface area contributed by atoms with E-state index in [1.165, 1.54) is 23.1 Å². The first-order valence-corrected chi connectivity index (χ1v) is 7.18. The first kappa shape index (κ1) is 14.8. The molecule has 1 amide bonds. The number of aryl methyl sites for hydroxylation is 1. The van der Waals surface area contributed by atoms with Crippen molar-refractivity contribution in [3.05, 3.63) is 42.0 Å². The smallest absolute Gasteiger partial charge is 0.339 e. The number of hydrogen-bond donors (Lipinski definition) is 2. The van der Waals surface area contributed by atoms with Gasteiger partial charge in [0, 0.05) is 25.0 Å². The molecule has 3 aromatic rings. The molecule has 0 bridgehead atoms. The van der Waals surface area contributed by atoms with Crippen LogP contribution in [0.25, 0.3) is 10.6 Å². The molecule has 0 aliphatic rings. The number of carboxylic acid groups (broad SMARTS) is 1. The highest BCUT2D eigenvalue weighted by Crippen LogP contribution is 2.26. The second-order valence-corrected chi connectivity index (χ2v) is 5.42. The summed E-state index contributed by atoms with van der Waals surface area (Å²) in [7, 11) is 1.49. The summed E-state index contributed by atoms with van der Waals surface area (Å²) in [6, 6.07) is 3.55. The number of nitrogens with one attached hydrogen (secondary N) is 1. The van der Waals surface area contributed by atoms with Crippen LogP contribution in [0.4, 0.5) is 5.13 Å². The van der Waals surface area contributed by atoms with Gasteiger partial charge >= 0.3 is 5.97 Å². The van der Waals surface area contributed by atoms with Gasteiger partial charge in [0.25, 0.3) is 5.91 Å². The number of carbonyl (C=O) groups excluding carboxylic acids is 1. The number of nitrogens with zero attached hydrogens (tertiary/aromatic N) is 5. The lowest BCUT2D eigenvalue weighted by atomic mass is 10.2. The maximum absolute atomic E-state index is 12.3. The van der Waals surface area contributed by atoms with Gasteiger partial charge in [0.15, 0.2) is 0 Å². The van der Waals surface area contributed by atoms with E-state index < -0.39 is 11.9 Å². The molecule has 0 saturated heterocycles. The molecule has 10 heteroatoms. The average Bonchev–Trinajstić information content (AvgIpc) is 3.15. The van der Waals surface area contributed by atoms with Crippen LogP contribution in [0.3, 0.4) is 0 Å². The number of pyridine rings is 1. The molecule has 0 spiro atoms. The molecule has 0 aliphatic carbocycles. The van der Waals surface area contributed by atoms with Gasteiger partial charge in [0.1, 0.15) is 16.3 Å². The maximum Gasteiger partial charge on any atom is 0.339 e. The molecule has 0 aliphatic heterocycles. The first-order valence-electron chi connectivity index (χ1n) is 6.37. The Morgan fingerprint density at radius 3 is 2.70 bits per heavy atom. The topological polar surface area (TPSA) is 123 Å². The van der Waals surface area contributed by atoms with Gasteiger partial charge in [-0.05, 0) is 12.1 Å². The lowest BCUT2D eigenvalue weighted by molar-refractivity contribution is 0.0692. The van der Waals surface area contributed by atoms with Crippen LogP contribution < -0.4 is 5.32 Å². The van der Waals surface area contributed by atoms with Crippen molar-refractivity contribution >= 4 is 28.3 Å².